The number of ether oxygens (including phenoxy) is 1. The molecule has 1 aliphatic heterocycles. The number of carbonyl (C=O) groups is 2. The fourth-order valence-electron chi connectivity index (χ4n) is 3.11. The zero-order valence-electron chi connectivity index (χ0n) is 18.5. The van der Waals surface area contributed by atoms with Crippen molar-refractivity contribution in [3.63, 3.8) is 0 Å². The van der Waals surface area contributed by atoms with Crippen LogP contribution < -0.4 is 10.6 Å². The fraction of sp³-hybridized carbons (Fsp3) is 0.333. The molecule has 4 heterocycles. The van der Waals surface area contributed by atoms with E-state index < -0.39 is 12.1 Å². The number of halogens is 3. The molecule has 0 radical (unpaired) electrons. The number of rotatable bonds is 7. The molecule has 1 aliphatic rings. The van der Waals surface area contributed by atoms with E-state index in [0.717, 1.165) is 35.6 Å². The van der Waals surface area contributed by atoms with E-state index in [0.29, 0.717) is 31.3 Å². The molecule has 0 saturated heterocycles. The van der Waals surface area contributed by atoms with Crippen LogP contribution in [0.15, 0.2) is 36.9 Å². The molecule has 186 valence electrons. The average Bonchev–Trinajstić information content (AvgIpc) is 3.28. The lowest BCUT2D eigenvalue weighted by atomic mass is 10.0. The van der Waals surface area contributed by atoms with E-state index in [-0.39, 0.29) is 5.91 Å². The zero-order chi connectivity index (χ0) is 25.4. The molecule has 1 amide bonds. The van der Waals surface area contributed by atoms with Gasteiger partial charge in [-0.3, -0.25) is 9.78 Å². The summed E-state index contributed by atoms with van der Waals surface area (Å²) < 4.78 is 38.7. The van der Waals surface area contributed by atoms with Gasteiger partial charge >= 0.3 is 12.1 Å². The molecule has 11 nitrogen and oxygen atoms in total. The normalized spacial score (nSPS) is 12.0. The zero-order valence-corrected chi connectivity index (χ0v) is 18.5. The van der Waals surface area contributed by atoms with Gasteiger partial charge in [-0.1, -0.05) is 6.07 Å². The van der Waals surface area contributed by atoms with Crippen LogP contribution >= 0.6 is 0 Å². The Kier molecular flexibility index (Phi) is 8.30. The first-order chi connectivity index (χ1) is 16.7. The smallest absolute Gasteiger partial charge is 0.475 e. The molecule has 0 spiro atoms. The van der Waals surface area contributed by atoms with Gasteiger partial charge in [-0.2, -0.15) is 13.2 Å². The van der Waals surface area contributed by atoms with Crippen molar-refractivity contribution < 1.29 is 32.6 Å². The maximum Gasteiger partial charge on any atom is 0.490 e. The third-order valence-electron chi connectivity index (χ3n) is 4.75. The van der Waals surface area contributed by atoms with Crippen molar-refractivity contribution in [3.8, 4) is 11.4 Å². The molecule has 0 fully saturated rings. The minimum Gasteiger partial charge on any atom is -0.475 e. The number of fused-ring (bicyclic) bond motifs is 3. The number of alkyl halides is 3. The van der Waals surface area contributed by atoms with E-state index in [4.69, 9.17) is 14.6 Å². The van der Waals surface area contributed by atoms with E-state index in [1.165, 1.54) is 0 Å². The first-order valence-electron chi connectivity index (χ1n) is 10.3. The van der Waals surface area contributed by atoms with Crippen molar-refractivity contribution in [2.45, 2.75) is 25.7 Å². The number of anilines is 1. The minimum atomic E-state index is -5.08. The van der Waals surface area contributed by atoms with Crippen LogP contribution in [0.3, 0.4) is 0 Å². The third-order valence-corrected chi connectivity index (χ3v) is 4.75. The number of nitrogens with zero attached hydrogens (tertiary/aromatic N) is 5. The van der Waals surface area contributed by atoms with Gasteiger partial charge in [0.25, 0.3) is 5.91 Å². The number of imidazole rings is 1. The SMILES string of the molecule is COCCNC(=O)c1ncn2c1-c1nc(NCc3ccccn3)ncc1CC2.O=C(O)C(F)(F)F. The highest BCUT2D eigenvalue weighted by Gasteiger charge is 2.38. The lowest BCUT2D eigenvalue weighted by Crippen LogP contribution is -2.28. The number of hydrogen-bond donors (Lipinski definition) is 3. The second kappa shape index (κ2) is 11.4. The number of aliphatic carboxylic acids is 1. The van der Waals surface area contributed by atoms with Crippen molar-refractivity contribution in [1.29, 1.82) is 0 Å². The highest BCUT2D eigenvalue weighted by Crippen LogP contribution is 2.30. The minimum absolute atomic E-state index is 0.236. The summed E-state index contributed by atoms with van der Waals surface area (Å²) in [6.07, 6.45) is 0.959. The number of carboxylic acid groups (broad SMARTS) is 1. The van der Waals surface area contributed by atoms with Gasteiger partial charge in [-0.05, 0) is 18.6 Å². The van der Waals surface area contributed by atoms with Crippen LogP contribution in [-0.2, 0) is 29.0 Å². The number of nitrogens with one attached hydrogen (secondary N) is 2. The number of aryl methyl sites for hydroxylation is 2. The summed E-state index contributed by atoms with van der Waals surface area (Å²) in [6, 6.07) is 5.74. The predicted octanol–water partition coefficient (Wildman–Crippen LogP) is 1.91. The molecule has 3 N–H and O–H groups in total. The van der Waals surface area contributed by atoms with Crippen LogP contribution in [0.1, 0.15) is 21.7 Å². The lowest BCUT2D eigenvalue weighted by Gasteiger charge is -2.19. The van der Waals surface area contributed by atoms with Gasteiger partial charge < -0.3 is 25.0 Å². The fourth-order valence-corrected chi connectivity index (χ4v) is 3.11. The molecule has 0 aromatic carbocycles. The monoisotopic (exact) mass is 493 g/mol. The number of pyridine rings is 1. The largest absolute Gasteiger partial charge is 0.490 e. The molecule has 14 heteroatoms. The van der Waals surface area contributed by atoms with E-state index in [1.54, 1.807) is 19.6 Å². The number of hydrogen-bond acceptors (Lipinski definition) is 8. The van der Waals surface area contributed by atoms with Crippen molar-refractivity contribution in [3.05, 3.63) is 53.9 Å². The van der Waals surface area contributed by atoms with Gasteiger partial charge in [-0.25, -0.2) is 19.7 Å². The molecule has 35 heavy (non-hydrogen) atoms. The summed E-state index contributed by atoms with van der Waals surface area (Å²) in [5, 5.41) is 13.1. The maximum absolute atomic E-state index is 12.5. The number of carboxylic acids is 1. The van der Waals surface area contributed by atoms with Crippen LogP contribution in [0, 0.1) is 0 Å². The Balaban J connectivity index is 0.000000429. The van der Waals surface area contributed by atoms with Gasteiger partial charge in [0.05, 0.1) is 30.9 Å². The Morgan fingerprint density at radius 3 is 2.66 bits per heavy atom. The van der Waals surface area contributed by atoms with E-state index in [9.17, 15) is 18.0 Å². The summed E-state index contributed by atoms with van der Waals surface area (Å²) >= 11 is 0. The average molecular weight is 493 g/mol. The summed E-state index contributed by atoms with van der Waals surface area (Å²) in [7, 11) is 1.59. The number of methoxy groups -OCH3 is 1. The molecule has 0 aliphatic carbocycles. The van der Waals surface area contributed by atoms with E-state index >= 15 is 0 Å². The highest BCUT2D eigenvalue weighted by molar-refractivity contribution is 5.98. The van der Waals surface area contributed by atoms with Gasteiger partial charge in [0.2, 0.25) is 5.95 Å². The maximum atomic E-state index is 12.5. The summed E-state index contributed by atoms with van der Waals surface area (Å²) in [5.41, 5.74) is 3.72. The molecule has 0 bridgehead atoms. The quantitative estimate of drug-likeness (QED) is 0.421. The van der Waals surface area contributed by atoms with Gasteiger partial charge in [0.1, 0.15) is 5.69 Å². The van der Waals surface area contributed by atoms with Crippen LogP contribution in [0.25, 0.3) is 11.4 Å². The first kappa shape index (κ1) is 25.6. The van der Waals surface area contributed by atoms with E-state index in [1.807, 2.05) is 29.0 Å². The molecule has 4 rings (SSSR count). The molecule has 3 aromatic heterocycles. The molecule has 0 unspecified atom stereocenters. The Morgan fingerprint density at radius 1 is 1.23 bits per heavy atom. The molecule has 3 aromatic rings. The molecular formula is C21H22F3N7O4. The van der Waals surface area contributed by atoms with Crippen molar-refractivity contribution in [2.24, 2.45) is 0 Å². The van der Waals surface area contributed by atoms with Gasteiger partial charge in [0.15, 0.2) is 5.69 Å². The Bertz CT molecular complexity index is 1170. The summed E-state index contributed by atoms with van der Waals surface area (Å²) in [5.74, 6) is -2.50. The van der Waals surface area contributed by atoms with Crippen LogP contribution in [-0.4, -0.2) is 67.9 Å². The predicted molar refractivity (Wildman–Crippen MR) is 116 cm³/mol. The Labute approximate surface area is 197 Å². The highest BCUT2D eigenvalue weighted by atomic mass is 19.4. The third kappa shape index (κ3) is 6.72. The molecule has 0 saturated carbocycles. The standard InChI is InChI=1S/C19H21N7O2.C2HF3O2/c1-28-9-7-21-18(27)16-17-15-13(5-8-26(17)12-24-16)10-22-19(25-15)23-11-14-4-2-3-6-20-14;3-2(4,5)1(6)7/h2-4,6,10,12H,5,7-9,11H2,1H3,(H,21,27)(H,22,23,25);(H,6,7). The number of aromatic nitrogens is 5. The van der Waals surface area contributed by atoms with Crippen LogP contribution in [0.2, 0.25) is 0 Å². The van der Waals surface area contributed by atoms with Crippen LogP contribution in [0.4, 0.5) is 19.1 Å². The van der Waals surface area contributed by atoms with Crippen molar-refractivity contribution in [1.82, 2.24) is 29.8 Å². The van der Waals surface area contributed by atoms with Crippen molar-refractivity contribution in [2.75, 3.05) is 25.6 Å². The van der Waals surface area contributed by atoms with Crippen LogP contribution in [0.5, 0.6) is 0 Å². The summed E-state index contributed by atoms with van der Waals surface area (Å²) in [6.45, 7) is 2.13. The topological polar surface area (TPSA) is 144 Å². The van der Waals surface area contributed by atoms with E-state index in [2.05, 4.69) is 30.6 Å². The number of carbonyl (C=O) groups excluding carboxylic acids is 1. The van der Waals surface area contributed by atoms with Gasteiger partial charge in [0, 0.05) is 38.2 Å². The second-order valence-electron chi connectivity index (χ2n) is 7.18. The Morgan fingerprint density at radius 2 is 2.00 bits per heavy atom. The lowest BCUT2D eigenvalue weighted by molar-refractivity contribution is -0.192. The second-order valence-corrected chi connectivity index (χ2v) is 7.18. The molecule has 0 atom stereocenters. The number of amides is 1. The molecular weight excluding hydrogens is 471 g/mol. The Hall–Kier alpha value is -4.07. The van der Waals surface area contributed by atoms with Gasteiger partial charge in [-0.15, -0.1) is 0 Å². The summed E-state index contributed by atoms with van der Waals surface area (Å²) in [4.78, 5) is 39.1. The van der Waals surface area contributed by atoms with Crippen molar-refractivity contribution >= 4 is 17.8 Å². The first-order valence-corrected chi connectivity index (χ1v) is 10.3.